The lowest BCUT2D eigenvalue weighted by molar-refractivity contribution is 0.0691. The fourth-order valence-electron chi connectivity index (χ4n) is 2.77. The van der Waals surface area contributed by atoms with E-state index in [1.807, 2.05) is 0 Å². The summed E-state index contributed by atoms with van der Waals surface area (Å²) in [5.41, 5.74) is -0.124. The Morgan fingerprint density at radius 1 is 1.45 bits per heavy atom. The number of carbonyl (C=O) groups is 1. The summed E-state index contributed by atoms with van der Waals surface area (Å²) in [7, 11) is -3.66. The van der Waals surface area contributed by atoms with Gasteiger partial charge in [-0.05, 0) is 24.8 Å². The number of H-pyrrole nitrogens is 1. The van der Waals surface area contributed by atoms with E-state index in [-0.39, 0.29) is 16.6 Å². The molecule has 1 saturated carbocycles. The van der Waals surface area contributed by atoms with Gasteiger partial charge >= 0.3 is 5.97 Å². The van der Waals surface area contributed by atoms with Crippen LogP contribution in [0.3, 0.4) is 0 Å². The summed E-state index contributed by atoms with van der Waals surface area (Å²) in [5, 5.41) is 8.82. The molecule has 1 aromatic heterocycles. The van der Waals surface area contributed by atoms with Crippen molar-refractivity contribution >= 4 is 16.0 Å². The zero-order valence-corrected chi connectivity index (χ0v) is 12.2. The number of sulfonamides is 1. The van der Waals surface area contributed by atoms with Crippen molar-refractivity contribution in [2.45, 2.75) is 50.0 Å². The summed E-state index contributed by atoms with van der Waals surface area (Å²) >= 11 is 0. The average molecular weight is 300 g/mol. The molecule has 0 spiro atoms. The average Bonchev–Trinajstić information content (AvgIpc) is 2.89. The normalized spacial score (nSPS) is 23.6. The van der Waals surface area contributed by atoms with Crippen molar-refractivity contribution in [3.05, 3.63) is 18.0 Å². The molecule has 0 bridgehead atoms. The topological polar surface area (TPSA) is 99.3 Å². The minimum Gasteiger partial charge on any atom is -0.477 e. The SMILES string of the molecule is CCC1CCCCC1NS(=O)(=O)c1c[nH]c(C(=O)O)c1. The van der Waals surface area contributed by atoms with Gasteiger partial charge in [-0.2, -0.15) is 0 Å². The number of aromatic amines is 1. The van der Waals surface area contributed by atoms with E-state index in [0.29, 0.717) is 5.92 Å². The number of aromatic carboxylic acids is 1. The molecule has 3 N–H and O–H groups in total. The number of hydrogen-bond acceptors (Lipinski definition) is 3. The molecule has 1 aliphatic carbocycles. The van der Waals surface area contributed by atoms with Gasteiger partial charge in [0, 0.05) is 12.2 Å². The van der Waals surface area contributed by atoms with Crippen molar-refractivity contribution in [2.75, 3.05) is 0 Å². The first-order valence-corrected chi connectivity index (χ1v) is 8.36. The van der Waals surface area contributed by atoms with Gasteiger partial charge < -0.3 is 10.1 Å². The van der Waals surface area contributed by atoms with Crippen molar-refractivity contribution in [1.82, 2.24) is 9.71 Å². The van der Waals surface area contributed by atoms with Crippen LogP contribution in [0.1, 0.15) is 49.5 Å². The Hall–Kier alpha value is -1.34. The minimum absolute atomic E-state index is 0.0182. The second-order valence-corrected chi connectivity index (χ2v) is 6.95. The second-order valence-electron chi connectivity index (χ2n) is 5.23. The molecule has 20 heavy (non-hydrogen) atoms. The van der Waals surface area contributed by atoms with Crippen LogP contribution in [0, 0.1) is 5.92 Å². The van der Waals surface area contributed by atoms with E-state index in [9.17, 15) is 13.2 Å². The summed E-state index contributed by atoms with van der Waals surface area (Å²) < 4.78 is 27.3. The van der Waals surface area contributed by atoms with Crippen LogP contribution in [0.2, 0.25) is 0 Å². The largest absolute Gasteiger partial charge is 0.477 e. The van der Waals surface area contributed by atoms with Gasteiger partial charge in [0.1, 0.15) is 10.6 Å². The summed E-state index contributed by atoms with van der Waals surface area (Å²) in [5.74, 6) is -0.813. The summed E-state index contributed by atoms with van der Waals surface area (Å²) in [6, 6.07) is 1.09. The van der Waals surface area contributed by atoms with E-state index in [0.717, 1.165) is 38.2 Å². The third-order valence-corrected chi connectivity index (χ3v) is 5.41. The maximum absolute atomic E-state index is 12.3. The first-order valence-electron chi connectivity index (χ1n) is 6.88. The minimum atomic E-state index is -3.66. The molecule has 0 radical (unpaired) electrons. The first-order chi connectivity index (χ1) is 9.44. The van der Waals surface area contributed by atoms with Gasteiger partial charge in [0.05, 0.1) is 0 Å². The van der Waals surface area contributed by atoms with Crippen molar-refractivity contribution < 1.29 is 18.3 Å². The van der Waals surface area contributed by atoms with Gasteiger partial charge in [0.15, 0.2) is 0 Å². The third kappa shape index (κ3) is 3.21. The lowest BCUT2D eigenvalue weighted by Gasteiger charge is -2.31. The van der Waals surface area contributed by atoms with Crippen LogP contribution >= 0.6 is 0 Å². The molecule has 2 unspecified atom stereocenters. The van der Waals surface area contributed by atoms with E-state index in [1.54, 1.807) is 0 Å². The maximum Gasteiger partial charge on any atom is 0.352 e. The van der Waals surface area contributed by atoms with Crippen LogP contribution in [0.15, 0.2) is 17.2 Å². The van der Waals surface area contributed by atoms with Crippen molar-refractivity contribution in [3.63, 3.8) is 0 Å². The zero-order valence-electron chi connectivity index (χ0n) is 11.4. The highest BCUT2D eigenvalue weighted by atomic mass is 32.2. The molecule has 1 aromatic rings. The lowest BCUT2D eigenvalue weighted by atomic mass is 9.83. The quantitative estimate of drug-likeness (QED) is 0.774. The van der Waals surface area contributed by atoms with Crippen molar-refractivity contribution in [3.8, 4) is 0 Å². The third-order valence-electron chi connectivity index (χ3n) is 3.94. The molecule has 2 atom stereocenters. The molecule has 1 heterocycles. The molecule has 0 amide bonds. The fourth-order valence-corrected chi connectivity index (χ4v) is 4.10. The Morgan fingerprint density at radius 3 is 2.75 bits per heavy atom. The molecule has 0 saturated heterocycles. The number of nitrogens with one attached hydrogen (secondary N) is 2. The predicted octanol–water partition coefficient (Wildman–Crippen LogP) is 1.96. The van der Waals surface area contributed by atoms with E-state index >= 15 is 0 Å². The molecular weight excluding hydrogens is 280 g/mol. The van der Waals surface area contributed by atoms with Crippen molar-refractivity contribution in [1.29, 1.82) is 0 Å². The predicted molar refractivity (Wildman–Crippen MR) is 74.1 cm³/mol. The van der Waals surface area contributed by atoms with Gasteiger partial charge in [0.2, 0.25) is 10.0 Å². The van der Waals surface area contributed by atoms with Crippen molar-refractivity contribution in [2.24, 2.45) is 5.92 Å². The standard InChI is InChI=1S/C13H20N2O4S/c1-2-9-5-3-4-6-11(9)15-20(18,19)10-7-12(13(16)17)14-8-10/h7-9,11,14-15H,2-6H2,1H3,(H,16,17). The Kier molecular flexibility index (Phi) is 4.49. The molecule has 0 aromatic carbocycles. The van der Waals surface area contributed by atoms with E-state index in [2.05, 4.69) is 16.6 Å². The van der Waals surface area contributed by atoms with Crippen LogP contribution in [0.5, 0.6) is 0 Å². The molecule has 1 aliphatic rings. The maximum atomic E-state index is 12.3. The summed E-state index contributed by atoms with van der Waals surface area (Å²) in [4.78, 5) is 13.2. The highest BCUT2D eigenvalue weighted by Gasteiger charge is 2.29. The summed E-state index contributed by atoms with van der Waals surface area (Å²) in [6.45, 7) is 2.07. The Bertz CT molecular complexity index is 579. The number of carboxylic acid groups (broad SMARTS) is 1. The molecule has 112 valence electrons. The Morgan fingerprint density at radius 2 is 2.15 bits per heavy atom. The van der Waals surface area contributed by atoms with Gasteiger partial charge in [-0.3, -0.25) is 0 Å². The van der Waals surface area contributed by atoms with Gasteiger partial charge in [0.25, 0.3) is 0 Å². The van der Waals surface area contributed by atoms with E-state index in [1.165, 1.54) is 6.20 Å². The molecule has 0 aliphatic heterocycles. The fraction of sp³-hybridized carbons (Fsp3) is 0.615. The number of aromatic nitrogens is 1. The number of hydrogen-bond donors (Lipinski definition) is 3. The highest BCUT2D eigenvalue weighted by Crippen LogP contribution is 2.28. The summed E-state index contributed by atoms with van der Waals surface area (Å²) in [6.07, 6.45) is 6.21. The molecule has 7 heteroatoms. The molecule has 6 nitrogen and oxygen atoms in total. The van der Waals surface area contributed by atoms with Crippen LogP contribution in [0.25, 0.3) is 0 Å². The van der Waals surface area contributed by atoms with Gasteiger partial charge in [-0.1, -0.05) is 26.2 Å². The number of rotatable bonds is 5. The van der Waals surface area contributed by atoms with E-state index in [4.69, 9.17) is 5.11 Å². The van der Waals surface area contributed by atoms with Crippen LogP contribution in [-0.2, 0) is 10.0 Å². The monoisotopic (exact) mass is 300 g/mol. The molecule has 2 rings (SSSR count). The van der Waals surface area contributed by atoms with Crippen LogP contribution in [-0.4, -0.2) is 30.5 Å². The molecule has 1 fully saturated rings. The number of carboxylic acids is 1. The lowest BCUT2D eigenvalue weighted by Crippen LogP contribution is -2.41. The zero-order chi connectivity index (χ0) is 14.8. The van der Waals surface area contributed by atoms with Crippen LogP contribution in [0.4, 0.5) is 0 Å². The van der Waals surface area contributed by atoms with Crippen LogP contribution < -0.4 is 4.72 Å². The smallest absolute Gasteiger partial charge is 0.352 e. The van der Waals surface area contributed by atoms with Gasteiger partial charge in [-0.15, -0.1) is 0 Å². The Balaban J connectivity index is 2.15. The molecular formula is C13H20N2O4S. The second kappa shape index (κ2) is 5.97. The Labute approximate surface area is 118 Å². The van der Waals surface area contributed by atoms with Gasteiger partial charge in [-0.25, -0.2) is 17.9 Å². The highest BCUT2D eigenvalue weighted by molar-refractivity contribution is 7.89. The first kappa shape index (κ1) is 15.1. The van der Waals surface area contributed by atoms with E-state index < -0.39 is 16.0 Å².